The third-order valence-electron chi connectivity index (χ3n) is 3.49. The van der Waals surface area contributed by atoms with E-state index < -0.39 is 0 Å². The number of nitrogens with one attached hydrogen (secondary N) is 1. The van der Waals surface area contributed by atoms with Crippen LogP contribution in [0.25, 0.3) is 0 Å². The molecule has 1 N–H and O–H groups in total. The first-order chi connectivity index (χ1) is 8.13. The molecule has 0 aromatic rings. The molecule has 3 heteroatoms. The van der Waals surface area contributed by atoms with Crippen molar-refractivity contribution in [3.63, 3.8) is 0 Å². The van der Waals surface area contributed by atoms with Crippen molar-refractivity contribution in [1.29, 1.82) is 0 Å². The number of hydrogen-bond acceptors (Lipinski definition) is 3. The largest absolute Gasteiger partial charge is 0.377 e. The Morgan fingerprint density at radius 1 is 1.35 bits per heavy atom. The fourth-order valence-corrected chi connectivity index (χ4v) is 2.47. The molecule has 3 nitrogen and oxygen atoms in total. The van der Waals surface area contributed by atoms with Gasteiger partial charge in [0.25, 0.3) is 0 Å². The molecule has 0 radical (unpaired) electrons. The summed E-state index contributed by atoms with van der Waals surface area (Å²) in [6.45, 7) is 14.6. The molecule has 0 aromatic carbocycles. The van der Waals surface area contributed by atoms with E-state index in [1.54, 1.807) is 0 Å². The Balaban J connectivity index is 2.12. The highest BCUT2D eigenvalue weighted by Crippen LogP contribution is 2.15. The van der Waals surface area contributed by atoms with Gasteiger partial charge in [0.15, 0.2) is 0 Å². The minimum absolute atomic E-state index is 0.440. The molecule has 2 atom stereocenters. The standard InChI is InChI=1S/C14H30N2O/c1-5-16(11-12(2)3)9-8-15-13(4)14-7-6-10-17-14/h12-15H,5-11H2,1-4H3. The van der Waals surface area contributed by atoms with Gasteiger partial charge in [0.05, 0.1) is 6.10 Å². The van der Waals surface area contributed by atoms with Crippen LogP contribution in [0.5, 0.6) is 0 Å². The van der Waals surface area contributed by atoms with Crippen LogP contribution in [-0.2, 0) is 4.74 Å². The van der Waals surface area contributed by atoms with Crippen molar-refractivity contribution in [2.45, 2.75) is 52.7 Å². The van der Waals surface area contributed by atoms with Gasteiger partial charge in [-0.05, 0) is 32.2 Å². The van der Waals surface area contributed by atoms with Crippen LogP contribution >= 0.6 is 0 Å². The zero-order valence-electron chi connectivity index (χ0n) is 12.0. The van der Waals surface area contributed by atoms with Gasteiger partial charge in [-0.25, -0.2) is 0 Å². The van der Waals surface area contributed by atoms with Gasteiger partial charge in [-0.1, -0.05) is 20.8 Å². The maximum absolute atomic E-state index is 5.69. The topological polar surface area (TPSA) is 24.5 Å². The molecule has 1 fully saturated rings. The highest BCUT2D eigenvalue weighted by molar-refractivity contribution is 4.77. The SMILES string of the molecule is CCN(CCNC(C)C1CCCO1)CC(C)C. The maximum Gasteiger partial charge on any atom is 0.0726 e. The second-order valence-electron chi connectivity index (χ2n) is 5.58. The monoisotopic (exact) mass is 242 g/mol. The van der Waals surface area contributed by atoms with Gasteiger partial charge in [-0.2, -0.15) is 0 Å². The molecule has 2 unspecified atom stereocenters. The van der Waals surface area contributed by atoms with Crippen molar-refractivity contribution in [3.05, 3.63) is 0 Å². The smallest absolute Gasteiger partial charge is 0.0726 e. The molecule has 0 spiro atoms. The van der Waals surface area contributed by atoms with Gasteiger partial charge in [0.1, 0.15) is 0 Å². The van der Waals surface area contributed by atoms with Crippen LogP contribution in [0.4, 0.5) is 0 Å². The number of ether oxygens (including phenoxy) is 1. The first kappa shape index (κ1) is 14.9. The molecule has 0 aromatic heterocycles. The average molecular weight is 242 g/mol. The Morgan fingerprint density at radius 2 is 2.12 bits per heavy atom. The lowest BCUT2D eigenvalue weighted by Gasteiger charge is -2.25. The summed E-state index contributed by atoms with van der Waals surface area (Å²) in [7, 11) is 0. The summed E-state index contributed by atoms with van der Waals surface area (Å²) in [6.07, 6.45) is 2.89. The number of hydrogen-bond donors (Lipinski definition) is 1. The highest BCUT2D eigenvalue weighted by Gasteiger charge is 2.21. The minimum atomic E-state index is 0.440. The number of likely N-dealkylation sites (N-methyl/N-ethyl adjacent to an activating group) is 1. The molecule has 0 amide bonds. The molecule has 1 saturated heterocycles. The van der Waals surface area contributed by atoms with Crippen LogP contribution in [0.1, 0.15) is 40.5 Å². The molecule has 17 heavy (non-hydrogen) atoms. The molecule has 0 saturated carbocycles. The van der Waals surface area contributed by atoms with Crippen LogP contribution in [0.15, 0.2) is 0 Å². The van der Waals surface area contributed by atoms with Gasteiger partial charge in [-0.15, -0.1) is 0 Å². The fraction of sp³-hybridized carbons (Fsp3) is 1.00. The van der Waals surface area contributed by atoms with Gasteiger partial charge in [-0.3, -0.25) is 0 Å². The van der Waals surface area contributed by atoms with E-state index in [1.807, 2.05) is 0 Å². The summed E-state index contributed by atoms with van der Waals surface area (Å²) >= 11 is 0. The van der Waals surface area contributed by atoms with E-state index in [0.717, 1.165) is 32.2 Å². The Bertz CT molecular complexity index is 189. The van der Waals surface area contributed by atoms with Crippen molar-refractivity contribution in [3.8, 4) is 0 Å². The van der Waals surface area contributed by atoms with E-state index in [0.29, 0.717) is 12.1 Å². The summed E-state index contributed by atoms with van der Waals surface area (Å²) in [6, 6.07) is 0.496. The summed E-state index contributed by atoms with van der Waals surface area (Å²) in [5.74, 6) is 0.755. The van der Waals surface area contributed by atoms with Crippen LogP contribution in [0, 0.1) is 5.92 Å². The quantitative estimate of drug-likeness (QED) is 0.705. The van der Waals surface area contributed by atoms with E-state index in [2.05, 4.69) is 37.9 Å². The first-order valence-corrected chi connectivity index (χ1v) is 7.20. The second kappa shape index (κ2) is 8.06. The minimum Gasteiger partial charge on any atom is -0.377 e. The van der Waals surface area contributed by atoms with Crippen molar-refractivity contribution in [2.75, 3.05) is 32.8 Å². The summed E-state index contributed by atoms with van der Waals surface area (Å²) in [5, 5.41) is 3.60. The van der Waals surface area contributed by atoms with Gasteiger partial charge < -0.3 is 15.0 Å². The summed E-state index contributed by atoms with van der Waals surface area (Å²) in [5.41, 5.74) is 0. The molecule has 1 aliphatic rings. The van der Waals surface area contributed by atoms with Gasteiger partial charge in [0.2, 0.25) is 0 Å². The Hall–Kier alpha value is -0.120. The van der Waals surface area contributed by atoms with Gasteiger partial charge >= 0.3 is 0 Å². The van der Waals surface area contributed by atoms with E-state index in [4.69, 9.17) is 4.74 Å². The summed E-state index contributed by atoms with van der Waals surface area (Å²) < 4.78 is 5.69. The fourth-order valence-electron chi connectivity index (χ4n) is 2.47. The Kier molecular flexibility index (Phi) is 7.09. The molecular weight excluding hydrogens is 212 g/mol. The van der Waals surface area contributed by atoms with Crippen molar-refractivity contribution in [2.24, 2.45) is 5.92 Å². The van der Waals surface area contributed by atoms with E-state index in [9.17, 15) is 0 Å². The maximum atomic E-state index is 5.69. The van der Waals surface area contributed by atoms with Crippen LogP contribution < -0.4 is 5.32 Å². The van der Waals surface area contributed by atoms with E-state index in [-0.39, 0.29) is 0 Å². The number of nitrogens with zero attached hydrogens (tertiary/aromatic N) is 1. The lowest BCUT2D eigenvalue weighted by atomic mass is 10.1. The van der Waals surface area contributed by atoms with Crippen molar-refractivity contribution < 1.29 is 4.74 Å². The van der Waals surface area contributed by atoms with Crippen LogP contribution in [0.3, 0.4) is 0 Å². The average Bonchev–Trinajstić information content (AvgIpc) is 2.80. The third-order valence-corrected chi connectivity index (χ3v) is 3.49. The predicted octanol–water partition coefficient (Wildman–Crippen LogP) is 2.12. The molecule has 1 heterocycles. The molecule has 0 bridgehead atoms. The molecule has 1 rings (SSSR count). The Morgan fingerprint density at radius 3 is 2.65 bits per heavy atom. The lowest BCUT2D eigenvalue weighted by molar-refractivity contribution is 0.0825. The van der Waals surface area contributed by atoms with Crippen molar-refractivity contribution >= 4 is 0 Å². The lowest BCUT2D eigenvalue weighted by Crippen LogP contribution is -2.42. The zero-order valence-corrected chi connectivity index (χ0v) is 12.0. The normalized spacial score (nSPS) is 22.6. The predicted molar refractivity (Wildman–Crippen MR) is 73.4 cm³/mol. The molecule has 102 valence electrons. The van der Waals surface area contributed by atoms with E-state index in [1.165, 1.54) is 19.4 Å². The summed E-state index contributed by atoms with van der Waals surface area (Å²) in [4.78, 5) is 2.51. The zero-order chi connectivity index (χ0) is 12.7. The Labute approximate surface area is 107 Å². The van der Waals surface area contributed by atoms with E-state index >= 15 is 0 Å². The van der Waals surface area contributed by atoms with Gasteiger partial charge in [0, 0.05) is 32.3 Å². The van der Waals surface area contributed by atoms with Crippen LogP contribution in [0.2, 0.25) is 0 Å². The number of rotatable bonds is 8. The van der Waals surface area contributed by atoms with Crippen molar-refractivity contribution in [1.82, 2.24) is 10.2 Å². The molecule has 1 aliphatic heterocycles. The molecular formula is C14H30N2O. The second-order valence-corrected chi connectivity index (χ2v) is 5.58. The molecule has 0 aliphatic carbocycles. The third kappa shape index (κ3) is 5.84. The highest BCUT2D eigenvalue weighted by atomic mass is 16.5. The van der Waals surface area contributed by atoms with Crippen LogP contribution in [-0.4, -0.2) is 49.8 Å². The first-order valence-electron chi connectivity index (χ1n) is 7.20.